The van der Waals surface area contributed by atoms with Crippen LogP contribution in [0.15, 0.2) is 0 Å². The molecule has 1 heterocycles. The number of amides is 2. The summed E-state index contributed by atoms with van der Waals surface area (Å²) in [7, 11) is 0. The van der Waals surface area contributed by atoms with Crippen molar-refractivity contribution in [1.82, 2.24) is 10.6 Å². The number of hydrogen-bond acceptors (Lipinski definition) is 10. The molecule has 12 nitrogen and oxygen atoms in total. The van der Waals surface area contributed by atoms with Gasteiger partial charge in [-0.1, -0.05) is 0 Å². The average Bonchev–Trinajstić information content (AvgIpc) is 2.55. The topological polar surface area (TPSA) is 156 Å². The maximum absolute atomic E-state index is 12.5. The highest BCUT2D eigenvalue weighted by Crippen LogP contribution is 2.26. The summed E-state index contributed by atoms with van der Waals surface area (Å²) in [5.74, 6) is -2.60. The molecule has 0 aromatic heterocycles. The fourth-order valence-electron chi connectivity index (χ4n) is 2.89. The van der Waals surface area contributed by atoms with Crippen LogP contribution in [0.1, 0.15) is 48.5 Å². The van der Waals surface area contributed by atoms with Crippen molar-refractivity contribution in [3.63, 3.8) is 0 Å². The number of hydrogen-bond donors (Lipinski definition) is 2. The van der Waals surface area contributed by atoms with Crippen LogP contribution in [0.25, 0.3) is 0 Å². The summed E-state index contributed by atoms with van der Waals surface area (Å²) < 4.78 is 26.4. The summed E-state index contributed by atoms with van der Waals surface area (Å²) in [5.41, 5.74) is -0.845. The van der Waals surface area contributed by atoms with E-state index in [1.54, 1.807) is 20.8 Å². The molecule has 1 saturated heterocycles. The number of esters is 3. The standard InChI is InChI=1S/C19H30N2O10/c1-9(22)20-15-14(21-18(26)31-19(5,6)7)16(28-11(3)24)13(8-27-10(2)23)30-17(15)29-12(4)25/h13-17H,8H2,1-7H3,(H,20,22)(H,21,26)/t13-,14-,15+,16-,17+/m1/s1. The summed E-state index contributed by atoms with van der Waals surface area (Å²) in [5, 5.41) is 5.08. The van der Waals surface area contributed by atoms with Gasteiger partial charge in [0.1, 0.15) is 24.4 Å². The molecule has 0 aliphatic carbocycles. The minimum Gasteiger partial charge on any atom is -0.463 e. The van der Waals surface area contributed by atoms with Crippen molar-refractivity contribution in [2.45, 2.75) is 84.6 Å². The maximum atomic E-state index is 12.5. The molecule has 1 aliphatic heterocycles. The van der Waals surface area contributed by atoms with Gasteiger partial charge in [0.15, 0.2) is 6.10 Å². The van der Waals surface area contributed by atoms with Gasteiger partial charge in [-0.3, -0.25) is 19.2 Å². The van der Waals surface area contributed by atoms with Crippen LogP contribution in [0.2, 0.25) is 0 Å². The lowest BCUT2D eigenvalue weighted by atomic mass is 9.93. The summed E-state index contributed by atoms with van der Waals surface area (Å²) >= 11 is 0. The Morgan fingerprint density at radius 1 is 0.839 bits per heavy atom. The molecular formula is C19H30N2O10. The molecule has 0 aromatic rings. The fraction of sp³-hybridized carbons (Fsp3) is 0.737. The van der Waals surface area contributed by atoms with Crippen LogP contribution in [0, 0.1) is 0 Å². The molecule has 0 radical (unpaired) electrons. The molecule has 176 valence electrons. The Kier molecular flexibility index (Phi) is 9.22. The van der Waals surface area contributed by atoms with Gasteiger partial charge < -0.3 is 34.3 Å². The van der Waals surface area contributed by atoms with E-state index in [1.165, 1.54) is 13.8 Å². The molecule has 0 unspecified atom stereocenters. The first-order chi connectivity index (χ1) is 14.2. The van der Waals surface area contributed by atoms with E-state index in [1.807, 2.05) is 0 Å². The summed E-state index contributed by atoms with van der Waals surface area (Å²) in [6, 6.07) is -2.30. The monoisotopic (exact) mass is 446 g/mol. The van der Waals surface area contributed by atoms with Gasteiger partial charge in [0.2, 0.25) is 12.2 Å². The third-order valence-electron chi connectivity index (χ3n) is 3.80. The van der Waals surface area contributed by atoms with Crippen LogP contribution in [0.4, 0.5) is 4.79 Å². The van der Waals surface area contributed by atoms with Crippen LogP contribution < -0.4 is 10.6 Å². The van der Waals surface area contributed by atoms with Crippen molar-refractivity contribution >= 4 is 29.9 Å². The number of alkyl carbamates (subject to hydrolysis) is 1. The fourth-order valence-corrected chi connectivity index (χ4v) is 2.89. The highest BCUT2D eigenvalue weighted by atomic mass is 16.7. The number of carbonyl (C=O) groups excluding carboxylic acids is 5. The smallest absolute Gasteiger partial charge is 0.408 e. The molecule has 0 bridgehead atoms. The summed E-state index contributed by atoms with van der Waals surface area (Å²) in [6.07, 6.45) is -4.59. The second-order valence-electron chi connectivity index (χ2n) is 7.93. The number of rotatable bonds is 6. The lowest BCUT2D eigenvalue weighted by Crippen LogP contribution is -2.70. The van der Waals surface area contributed by atoms with E-state index in [0.717, 1.165) is 13.8 Å². The maximum Gasteiger partial charge on any atom is 0.408 e. The van der Waals surface area contributed by atoms with Gasteiger partial charge in [-0.05, 0) is 20.8 Å². The minimum atomic E-state index is -1.38. The molecule has 31 heavy (non-hydrogen) atoms. The van der Waals surface area contributed by atoms with E-state index < -0.39 is 66.1 Å². The van der Waals surface area contributed by atoms with Crippen molar-refractivity contribution in [1.29, 1.82) is 0 Å². The second-order valence-corrected chi connectivity index (χ2v) is 7.93. The van der Waals surface area contributed by atoms with Crippen LogP contribution >= 0.6 is 0 Å². The average molecular weight is 446 g/mol. The normalized spacial score (nSPS) is 25.6. The highest BCUT2D eigenvalue weighted by molar-refractivity contribution is 5.74. The zero-order valence-corrected chi connectivity index (χ0v) is 18.7. The van der Waals surface area contributed by atoms with Gasteiger partial charge in [-0.2, -0.15) is 0 Å². The molecule has 0 saturated carbocycles. The Morgan fingerprint density at radius 2 is 1.42 bits per heavy atom. The largest absolute Gasteiger partial charge is 0.463 e. The first kappa shape index (κ1) is 26.1. The summed E-state index contributed by atoms with van der Waals surface area (Å²) in [6.45, 7) is 9.22. The molecule has 2 N–H and O–H groups in total. The molecule has 1 rings (SSSR count). The van der Waals surface area contributed by atoms with Gasteiger partial charge in [0, 0.05) is 27.7 Å². The van der Waals surface area contributed by atoms with Crippen LogP contribution in [0.3, 0.4) is 0 Å². The van der Waals surface area contributed by atoms with Crippen molar-refractivity contribution in [3.05, 3.63) is 0 Å². The van der Waals surface area contributed by atoms with Crippen molar-refractivity contribution in [2.75, 3.05) is 6.61 Å². The van der Waals surface area contributed by atoms with E-state index in [2.05, 4.69) is 10.6 Å². The Balaban J connectivity index is 3.36. The predicted octanol–water partition coefficient (Wildman–Crippen LogP) is 0.167. The van der Waals surface area contributed by atoms with E-state index in [9.17, 15) is 24.0 Å². The lowest BCUT2D eigenvalue weighted by molar-refractivity contribution is -0.249. The van der Waals surface area contributed by atoms with E-state index in [0.29, 0.717) is 0 Å². The van der Waals surface area contributed by atoms with Crippen molar-refractivity contribution < 1.29 is 47.7 Å². The Bertz CT molecular complexity index is 702. The van der Waals surface area contributed by atoms with Gasteiger partial charge in [-0.15, -0.1) is 0 Å². The molecule has 1 fully saturated rings. The quantitative estimate of drug-likeness (QED) is 0.426. The molecular weight excluding hydrogens is 416 g/mol. The zero-order chi connectivity index (χ0) is 23.9. The van der Waals surface area contributed by atoms with Gasteiger partial charge in [-0.25, -0.2) is 4.79 Å². The van der Waals surface area contributed by atoms with Gasteiger partial charge in [0.05, 0.1) is 6.04 Å². The Hall–Kier alpha value is -2.89. The molecule has 0 spiro atoms. The first-order valence-electron chi connectivity index (χ1n) is 9.59. The van der Waals surface area contributed by atoms with Gasteiger partial charge >= 0.3 is 24.0 Å². The van der Waals surface area contributed by atoms with E-state index in [-0.39, 0.29) is 6.61 Å². The lowest BCUT2D eigenvalue weighted by Gasteiger charge is -2.45. The number of nitrogens with one attached hydrogen (secondary N) is 2. The van der Waals surface area contributed by atoms with Crippen molar-refractivity contribution in [2.24, 2.45) is 0 Å². The van der Waals surface area contributed by atoms with E-state index in [4.69, 9.17) is 23.7 Å². The minimum absolute atomic E-state index is 0.371. The number of carbonyl (C=O) groups is 5. The molecule has 5 atom stereocenters. The van der Waals surface area contributed by atoms with Crippen LogP contribution in [-0.4, -0.2) is 72.7 Å². The van der Waals surface area contributed by atoms with E-state index >= 15 is 0 Å². The van der Waals surface area contributed by atoms with Crippen molar-refractivity contribution in [3.8, 4) is 0 Å². The SMILES string of the molecule is CC(=O)N[C@@H]1[C@@H](OC(C)=O)O[C@H](COC(C)=O)[C@@H](OC(C)=O)[C@@H]1NC(=O)OC(C)(C)C. The second kappa shape index (κ2) is 10.9. The third kappa shape index (κ3) is 9.20. The van der Waals surface area contributed by atoms with Crippen LogP contribution in [0.5, 0.6) is 0 Å². The zero-order valence-electron chi connectivity index (χ0n) is 18.7. The van der Waals surface area contributed by atoms with Crippen LogP contribution in [-0.2, 0) is 42.9 Å². The number of ether oxygens (including phenoxy) is 5. The molecule has 0 aromatic carbocycles. The molecule has 2 amide bonds. The Morgan fingerprint density at radius 3 is 1.87 bits per heavy atom. The first-order valence-corrected chi connectivity index (χ1v) is 9.59. The highest BCUT2D eigenvalue weighted by Gasteiger charge is 2.51. The predicted molar refractivity (Wildman–Crippen MR) is 103 cm³/mol. The molecule has 12 heteroatoms. The van der Waals surface area contributed by atoms with Gasteiger partial charge in [0.25, 0.3) is 0 Å². The Labute approximate surface area is 180 Å². The third-order valence-corrected chi connectivity index (χ3v) is 3.80. The summed E-state index contributed by atoms with van der Waals surface area (Å²) in [4.78, 5) is 58.9. The molecule has 1 aliphatic rings.